The van der Waals surface area contributed by atoms with Crippen LogP contribution in [0.1, 0.15) is 30.4 Å². The summed E-state index contributed by atoms with van der Waals surface area (Å²) < 4.78 is 7.29. The van der Waals surface area contributed by atoms with E-state index in [0.717, 1.165) is 43.1 Å². The summed E-state index contributed by atoms with van der Waals surface area (Å²) in [5.74, 6) is 0.243. The number of fused-ring (bicyclic) bond motifs is 1. The number of aromatic nitrogens is 1. The fourth-order valence-corrected chi connectivity index (χ4v) is 4.50. The molecule has 0 aliphatic carbocycles. The molecular formula is C22H24N2O2S. The Labute approximate surface area is 163 Å². The summed E-state index contributed by atoms with van der Waals surface area (Å²) in [6.45, 7) is 3.61. The lowest BCUT2D eigenvalue weighted by Gasteiger charge is -2.31. The Kier molecular flexibility index (Phi) is 5.39. The van der Waals surface area contributed by atoms with Crippen molar-refractivity contribution in [3.8, 4) is 5.19 Å². The molecule has 0 saturated carbocycles. The quantitative estimate of drug-likeness (QED) is 0.649. The first-order valence-corrected chi connectivity index (χ1v) is 10.4. The van der Waals surface area contributed by atoms with E-state index in [1.54, 1.807) is 11.3 Å². The summed E-state index contributed by atoms with van der Waals surface area (Å²) >= 11 is 1.60. The molecule has 0 spiro atoms. The number of ether oxygens (including phenoxy) is 1. The zero-order chi connectivity index (χ0) is 18.6. The average molecular weight is 381 g/mol. The van der Waals surface area contributed by atoms with Crippen molar-refractivity contribution in [3.05, 3.63) is 59.7 Å². The maximum absolute atomic E-state index is 12.5. The van der Waals surface area contributed by atoms with Crippen molar-refractivity contribution in [1.29, 1.82) is 0 Å². The van der Waals surface area contributed by atoms with Crippen LogP contribution in [0.2, 0.25) is 0 Å². The SMILES string of the molecule is Cc1cccc2sc(OC3CCN(C(=O)CCc4ccccc4)CC3)nc12. The lowest BCUT2D eigenvalue weighted by atomic mass is 10.1. The second-order valence-electron chi connectivity index (χ2n) is 7.09. The average Bonchev–Trinajstić information content (AvgIpc) is 3.11. The predicted octanol–water partition coefficient (Wildman–Crippen LogP) is 4.61. The van der Waals surface area contributed by atoms with E-state index in [1.807, 2.05) is 23.1 Å². The molecule has 0 N–H and O–H groups in total. The zero-order valence-electron chi connectivity index (χ0n) is 15.6. The zero-order valence-corrected chi connectivity index (χ0v) is 16.4. The van der Waals surface area contributed by atoms with Gasteiger partial charge >= 0.3 is 0 Å². The van der Waals surface area contributed by atoms with Crippen molar-refractivity contribution >= 4 is 27.5 Å². The topological polar surface area (TPSA) is 42.4 Å². The van der Waals surface area contributed by atoms with Crippen LogP contribution in [0.4, 0.5) is 0 Å². The third kappa shape index (κ3) is 4.30. The number of thiazole rings is 1. The van der Waals surface area contributed by atoms with Crippen molar-refractivity contribution in [2.24, 2.45) is 0 Å². The Bertz CT molecular complexity index is 914. The molecule has 4 nitrogen and oxygen atoms in total. The van der Waals surface area contributed by atoms with E-state index in [2.05, 4.69) is 42.2 Å². The molecule has 4 rings (SSSR count). The molecule has 1 aliphatic rings. The fourth-order valence-electron chi connectivity index (χ4n) is 3.54. The molecule has 1 aliphatic heterocycles. The van der Waals surface area contributed by atoms with Crippen LogP contribution < -0.4 is 4.74 Å². The van der Waals surface area contributed by atoms with Crippen LogP contribution >= 0.6 is 11.3 Å². The highest BCUT2D eigenvalue weighted by atomic mass is 32.1. The number of likely N-dealkylation sites (tertiary alicyclic amines) is 1. The van der Waals surface area contributed by atoms with Crippen molar-refractivity contribution in [3.63, 3.8) is 0 Å². The third-order valence-corrected chi connectivity index (χ3v) is 6.05. The lowest BCUT2D eigenvalue weighted by Crippen LogP contribution is -2.41. The monoisotopic (exact) mass is 380 g/mol. The van der Waals surface area contributed by atoms with E-state index in [4.69, 9.17) is 4.74 Å². The van der Waals surface area contributed by atoms with E-state index >= 15 is 0 Å². The smallest absolute Gasteiger partial charge is 0.274 e. The van der Waals surface area contributed by atoms with E-state index in [1.165, 1.54) is 15.8 Å². The Morgan fingerprint density at radius 2 is 1.93 bits per heavy atom. The molecular weight excluding hydrogens is 356 g/mol. The Morgan fingerprint density at radius 3 is 2.67 bits per heavy atom. The van der Waals surface area contributed by atoms with E-state index in [9.17, 15) is 4.79 Å². The normalized spacial score (nSPS) is 15.2. The molecule has 1 fully saturated rings. The number of rotatable bonds is 5. The summed E-state index contributed by atoms with van der Waals surface area (Å²) in [5.41, 5.74) is 3.43. The van der Waals surface area contributed by atoms with Gasteiger partial charge in [-0.15, -0.1) is 0 Å². The second-order valence-corrected chi connectivity index (χ2v) is 8.08. The van der Waals surface area contributed by atoms with Gasteiger partial charge in [0.05, 0.1) is 10.2 Å². The molecule has 3 aromatic rings. The van der Waals surface area contributed by atoms with Gasteiger partial charge in [0.2, 0.25) is 5.91 Å². The van der Waals surface area contributed by atoms with Gasteiger partial charge < -0.3 is 9.64 Å². The minimum Gasteiger partial charge on any atom is -0.467 e. The Morgan fingerprint density at radius 1 is 1.15 bits per heavy atom. The standard InChI is InChI=1S/C22H24N2O2S/c1-16-6-5-9-19-21(16)23-22(27-19)26-18-12-14-24(15-13-18)20(25)11-10-17-7-3-2-4-8-17/h2-9,18H,10-15H2,1H3. The summed E-state index contributed by atoms with van der Waals surface area (Å²) in [4.78, 5) is 19.1. The van der Waals surface area contributed by atoms with Crippen LogP contribution in [-0.2, 0) is 11.2 Å². The number of para-hydroxylation sites is 1. The number of hydrogen-bond donors (Lipinski definition) is 0. The number of carbonyl (C=O) groups is 1. The highest BCUT2D eigenvalue weighted by molar-refractivity contribution is 7.20. The number of carbonyl (C=O) groups excluding carboxylic acids is 1. The number of hydrogen-bond acceptors (Lipinski definition) is 4. The van der Waals surface area contributed by atoms with Gasteiger partial charge in [-0.3, -0.25) is 4.79 Å². The molecule has 1 saturated heterocycles. The van der Waals surface area contributed by atoms with Crippen LogP contribution in [0.5, 0.6) is 5.19 Å². The van der Waals surface area contributed by atoms with Crippen molar-refractivity contribution < 1.29 is 9.53 Å². The van der Waals surface area contributed by atoms with Gasteiger partial charge in [-0.25, -0.2) is 4.98 Å². The maximum Gasteiger partial charge on any atom is 0.274 e. The molecule has 27 heavy (non-hydrogen) atoms. The van der Waals surface area contributed by atoms with E-state index in [0.29, 0.717) is 6.42 Å². The first-order valence-electron chi connectivity index (χ1n) is 9.53. The molecule has 0 unspecified atom stereocenters. The van der Waals surface area contributed by atoms with Gasteiger partial charge in [0, 0.05) is 32.4 Å². The van der Waals surface area contributed by atoms with Gasteiger partial charge in [-0.1, -0.05) is 53.8 Å². The predicted molar refractivity (Wildman–Crippen MR) is 109 cm³/mol. The number of piperidine rings is 1. The number of nitrogens with zero attached hydrogens (tertiary/aromatic N) is 2. The lowest BCUT2D eigenvalue weighted by molar-refractivity contribution is -0.132. The molecule has 0 bridgehead atoms. The number of amides is 1. The highest BCUT2D eigenvalue weighted by Crippen LogP contribution is 2.31. The van der Waals surface area contributed by atoms with Crippen LogP contribution in [0.25, 0.3) is 10.2 Å². The highest BCUT2D eigenvalue weighted by Gasteiger charge is 2.24. The summed E-state index contributed by atoms with van der Waals surface area (Å²) in [6.07, 6.45) is 3.26. The molecule has 1 amide bonds. The van der Waals surface area contributed by atoms with Gasteiger partial charge in [0.15, 0.2) is 0 Å². The van der Waals surface area contributed by atoms with Gasteiger partial charge in [-0.2, -0.15) is 0 Å². The van der Waals surface area contributed by atoms with Crippen LogP contribution in [0, 0.1) is 6.92 Å². The molecule has 2 heterocycles. The molecule has 1 aromatic heterocycles. The third-order valence-electron chi connectivity index (χ3n) is 5.13. The molecule has 0 atom stereocenters. The number of aryl methyl sites for hydroxylation is 2. The molecule has 140 valence electrons. The number of benzene rings is 2. The van der Waals surface area contributed by atoms with Crippen LogP contribution in [-0.4, -0.2) is 35.0 Å². The summed E-state index contributed by atoms with van der Waals surface area (Å²) in [5, 5.41) is 0.744. The molecule has 0 radical (unpaired) electrons. The van der Waals surface area contributed by atoms with Crippen molar-refractivity contribution in [2.45, 2.75) is 38.7 Å². The fraction of sp³-hybridized carbons (Fsp3) is 0.364. The van der Waals surface area contributed by atoms with E-state index in [-0.39, 0.29) is 12.0 Å². The largest absolute Gasteiger partial charge is 0.467 e. The minimum atomic E-state index is 0.143. The van der Waals surface area contributed by atoms with Crippen LogP contribution in [0.15, 0.2) is 48.5 Å². The van der Waals surface area contributed by atoms with Crippen molar-refractivity contribution in [2.75, 3.05) is 13.1 Å². The van der Waals surface area contributed by atoms with E-state index < -0.39 is 0 Å². The van der Waals surface area contributed by atoms with Crippen molar-refractivity contribution in [1.82, 2.24) is 9.88 Å². The summed E-state index contributed by atoms with van der Waals surface area (Å²) in [6, 6.07) is 16.4. The molecule has 5 heteroatoms. The van der Waals surface area contributed by atoms with Gasteiger partial charge in [0.25, 0.3) is 5.19 Å². The first kappa shape index (κ1) is 18.0. The van der Waals surface area contributed by atoms with Gasteiger partial charge in [-0.05, 0) is 30.5 Å². The van der Waals surface area contributed by atoms with Crippen LogP contribution in [0.3, 0.4) is 0 Å². The first-order chi connectivity index (χ1) is 13.2. The second kappa shape index (κ2) is 8.09. The molecule has 2 aromatic carbocycles. The maximum atomic E-state index is 12.5. The summed E-state index contributed by atoms with van der Waals surface area (Å²) in [7, 11) is 0. The Balaban J connectivity index is 1.28. The Hall–Kier alpha value is -2.40. The minimum absolute atomic E-state index is 0.143. The van der Waals surface area contributed by atoms with Gasteiger partial charge in [0.1, 0.15) is 6.10 Å².